The summed E-state index contributed by atoms with van der Waals surface area (Å²) >= 11 is 0. The molecule has 8 nitrogen and oxygen atoms in total. The van der Waals surface area contributed by atoms with Crippen LogP contribution in [-0.4, -0.2) is 38.3 Å². The summed E-state index contributed by atoms with van der Waals surface area (Å²) < 4.78 is 11.6. The second kappa shape index (κ2) is 12.0. The number of aromatic carboxylic acids is 1. The summed E-state index contributed by atoms with van der Waals surface area (Å²) in [6.07, 6.45) is 0. The van der Waals surface area contributed by atoms with Crippen LogP contribution in [0.3, 0.4) is 0 Å². The molecule has 0 aliphatic rings. The molecular weight excluding hydrogens is 518 g/mol. The van der Waals surface area contributed by atoms with E-state index in [9.17, 15) is 14.7 Å². The van der Waals surface area contributed by atoms with Crippen molar-refractivity contribution in [3.8, 4) is 28.4 Å². The highest BCUT2D eigenvalue weighted by Crippen LogP contribution is 2.39. The molecule has 0 heterocycles. The molecule has 0 atom stereocenters. The van der Waals surface area contributed by atoms with Gasteiger partial charge in [0.1, 0.15) is 17.1 Å². The average molecular weight is 554 g/mol. The molecule has 212 valence electrons. The number of nitrogens with one attached hydrogen (secondary N) is 2. The Hall–Kier alpha value is -4.98. The van der Waals surface area contributed by atoms with Gasteiger partial charge >= 0.3 is 12.0 Å². The van der Waals surface area contributed by atoms with Gasteiger partial charge in [0.25, 0.3) is 0 Å². The van der Waals surface area contributed by atoms with Crippen LogP contribution in [-0.2, 0) is 5.41 Å². The van der Waals surface area contributed by atoms with Crippen LogP contribution in [0.2, 0.25) is 0 Å². The van der Waals surface area contributed by atoms with Crippen molar-refractivity contribution >= 4 is 29.1 Å². The van der Waals surface area contributed by atoms with Gasteiger partial charge in [0.2, 0.25) is 0 Å². The first kappa shape index (κ1) is 29.0. The normalized spacial score (nSPS) is 11.0. The lowest BCUT2D eigenvalue weighted by Crippen LogP contribution is -2.20. The fraction of sp³-hybridized carbons (Fsp3) is 0.212. The van der Waals surface area contributed by atoms with E-state index < -0.39 is 12.0 Å². The number of carboxylic acid groups (broad SMARTS) is 1. The summed E-state index contributed by atoms with van der Waals surface area (Å²) in [5.74, 6) is 0.280. The van der Waals surface area contributed by atoms with Crippen molar-refractivity contribution in [3.05, 3.63) is 96.1 Å². The van der Waals surface area contributed by atoms with Gasteiger partial charge in [-0.25, -0.2) is 9.59 Å². The van der Waals surface area contributed by atoms with Crippen molar-refractivity contribution in [2.45, 2.75) is 26.2 Å². The Kier molecular flexibility index (Phi) is 8.52. The monoisotopic (exact) mass is 553 g/mol. The molecule has 0 fully saturated rings. The molecule has 0 spiro atoms. The number of hydrogen-bond acceptors (Lipinski definition) is 5. The van der Waals surface area contributed by atoms with Gasteiger partial charge in [-0.1, -0.05) is 51.1 Å². The van der Waals surface area contributed by atoms with Crippen LogP contribution in [0.15, 0.2) is 84.9 Å². The summed E-state index contributed by atoms with van der Waals surface area (Å²) in [6.45, 7) is 6.32. The maximum Gasteiger partial charge on any atom is 0.339 e. The van der Waals surface area contributed by atoms with Gasteiger partial charge in [0.05, 0.1) is 12.8 Å². The molecule has 0 saturated heterocycles. The minimum atomic E-state index is -1.10. The van der Waals surface area contributed by atoms with Crippen LogP contribution >= 0.6 is 0 Å². The molecule has 0 saturated carbocycles. The van der Waals surface area contributed by atoms with E-state index in [-0.39, 0.29) is 16.7 Å². The highest BCUT2D eigenvalue weighted by atomic mass is 16.5. The first-order chi connectivity index (χ1) is 19.5. The maximum atomic E-state index is 13.1. The Labute approximate surface area is 240 Å². The lowest BCUT2D eigenvalue weighted by molar-refractivity contribution is 0.0693. The fourth-order valence-corrected chi connectivity index (χ4v) is 4.37. The Bertz CT molecular complexity index is 1560. The number of urea groups is 1. The zero-order valence-corrected chi connectivity index (χ0v) is 24.1. The Morgan fingerprint density at radius 1 is 0.780 bits per heavy atom. The van der Waals surface area contributed by atoms with Crippen LogP contribution in [0.4, 0.5) is 21.9 Å². The Balaban J connectivity index is 1.71. The number of benzene rings is 4. The van der Waals surface area contributed by atoms with Crippen LogP contribution in [0.1, 0.15) is 36.7 Å². The second-order valence-electron chi connectivity index (χ2n) is 10.8. The van der Waals surface area contributed by atoms with Gasteiger partial charge in [-0.3, -0.25) is 0 Å². The third kappa shape index (κ3) is 6.97. The molecule has 4 aromatic rings. The van der Waals surface area contributed by atoms with E-state index in [1.165, 1.54) is 7.11 Å². The molecule has 0 radical (unpaired) electrons. The first-order valence-corrected chi connectivity index (χ1v) is 13.1. The van der Waals surface area contributed by atoms with Gasteiger partial charge in [-0.2, -0.15) is 0 Å². The van der Waals surface area contributed by atoms with Crippen LogP contribution < -0.4 is 25.0 Å². The van der Waals surface area contributed by atoms with Crippen LogP contribution in [0, 0.1) is 0 Å². The molecule has 3 N–H and O–H groups in total. The van der Waals surface area contributed by atoms with E-state index in [0.29, 0.717) is 34.0 Å². The minimum absolute atomic E-state index is 0.0397. The third-order valence-corrected chi connectivity index (χ3v) is 6.55. The molecule has 0 aliphatic heterocycles. The molecule has 8 heteroatoms. The number of hydrogen-bond donors (Lipinski definition) is 3. The van der Waals surface area contributed by atoms with Crippen molar-refractivity contribution in [2.24, 2.45) is 0 Å². The molecule has 4 rings (SSSR count). The molecule has 0 bridgehead atoms. The predicted octanol–water partition coefficient (Wildman–Crippen LogP) is 7.86. The SMILES string of the molecule is COc1ccc(-c2ccc(Oc3ccccc3C(C)(C)C)c(NC(=O)Nc3ccc(N(C)C)cc3)c2)cc1C(=O)O. The molecule has 0 aromatic heterocycles. The van der Waals surface area contributed by atoms with Crippen LogP contribution in [0.5, 0.6) is 17.2 Å². The van der Waals surface area contributed by atoms with E-state index in [0.717, 1.165) is 11.3 Å². The molecule has 4 aromatic carbocycles. The van der Waals surface area contributed by atoms with Crippen molar-refractivity contribution < 1.29 is 24.2 Å². The zero-order valence-electron chi connectivity index (χ0n) is 24.1. The number of methoxy groups -OCH3 is 1. The van der Waals surface area contributed by atoms with Gasteiger partial charge in [0.15, 0.2) is 5.75 Å². The highest BCUT2D eigenvalue weighted by Gasteiger charge is 2.21. The number of carbonyl (C=O) groups is 2. The summed E-state index contributed by atoms with van der Waals surface area (Å²) in [6, 6.07) is 25.1. The van der Waals surface area contributed by atoms with Gasteiger partial charge < -0.3 is 30.1 Å². The van der Waals surface area contributed by atoms with Gasteiger partial charge in [-0.15, -0.1) is 0 Å². The Morgan fingerprint density at radius 2 is 1.41 bits per heavy atom. The van der Waals surface area contributed by atoms with Gasteiger partial charge in [-0.05, 0) is 71.1 Å². The third-order valence-electron chi connectivity index (χ3n) is 6.55. The molecule has 2 amide bonds. The van der Waals surface area contributed by atoms with Crippen molar-refractivity contribution in [2.75, 3.05) is 36.7 Å². The lowest BCUT2D eigenvalue weighted by Gasteiger charge is -2.23. The average Bonchev–Trinajstić information content (AvgIpc) is 2.93. The first-order valence-electron chi connectivity index (χ1n) is 13.1. The van der Waals surface area contributed by atoms with E-state index in [1.54, 1.807) is 30.3 Å². The van der Waals surface area contributed by atoms with Crippen molar-refractivity contribution in [1.82, 2.24) is 0 Å². The summed E-state index contributed by atoms with van der Waals surface area (Å²) in [5, 5.41) is 15.4. The number of carbonyl (C=O) groups excluding carboxylic acids is 1. The van der Waals surface area contributed by atoms with Crippen molar-refractivity contribution in [1.29, 1.82) is 0 Å². The predicted molar refractivity (Wildman–Crippen MR) is 164 cm³/mol. The minimum Gasteiger partial charge on any atom is -0.496 e. The van der Waals surface area contributed by atoms with Gasteiger partial charge in [0, 0.05) is 31.0 Å². The maximum absolute atomic E-state index is 13.1. The number of para-hydroxylation sites is 1. The standard InChI is InChI=1S/C33H35N3O5/c1-33(2,3)26-9-7-8-10-29(26)41-30-18-12-22(21-11-17-28(40-6)25(19-21)31(37)38)20-27(30)35-32(39)34-23-13-15-24(16-14-23)36(4)5/h7-20H,1-6H3,(H,37,38)(H2,34,35,39). The Morgan fingerprint density at radius 3 is 2.02 bits per heavy atom. The number of amides is 2. The summed E-state index contributed by atoms with van der Waals surface area (Å²) in [7, 11) is 5.32. The number of ether oxygens (including phenoxy) is 2. The number of anilines is 3. The molecule has 41 heavy (non-hydrogen) atoms. The quantitative estimate of drug-likeness (QED) is 0.205. The van der Waals surface area contributed by atoms with E-state index >= 15 is 0 Å². The number of carboxylic acids is 1. The van der Waals surface area contributed by atoms with Crippen LogP contribution in [0.25, 0.3) is 11.1 Å². The summed E-state index contributed by atoms with van der Waals surface area (Å²) in [5.41, 5.74) is 4.28. The molecule has 0 aliphatic carbocycles. The molecular formula is C33H35N3O5. The lowest BCUT2D eigenvalue weighted by atomic mass is 9.86. The number of nitrogens with zero attached hydrogens (tertiary/aromatic N) is 1. The summed E-state index contributed by atoms with van der Waals surface area (Å²) in [4.78, 5) is 26.9. The topological polar surface area (TPSA) is 100 Å². The van der Waals surface area contributed by atoms with Crippen molar-refractivity contribution in [3.63, 3.8) is 0 Å². The highest BCUT2D eigenvalue weighted by molar-refractivity contribution is 6.01. The van der Waals surface area contributed by atoms with E-state index in [1.807, 2.05) is 73.6 Å². The second-order valence-corrected chi connectivity index (χ2v) is 10.8. The smallest absolute Gasteiger partial charge is 0.339 e. The van der Waals surface area contributed by atoms with E-state index in [4.69, 9.17) is 9.47 Å². The van der Waals surface area contributed by atoms with E-state index in [2.05, 4.69) is 31.4 Å². The fourth-order valence-electron chi connectivity index (χ4n) is 4.37. The zero-order chi connectivity index (χ0) is 29.7. The number of rotatable bonds is 8. The molecule has 0 unspecified atom stereocenters. The largest absolute Gasteiger partial charge is 0.496 e.